The molecular weight excluding hydrogens is 422 g/mol. The first-order valence-electron chi connectivity index (χ1n) is 9.61. The molecule has 2 heterocycles. The van der Waals surface area contributed by atoms with E-state index in [1.807, 2.05) is 61.8 Å². The van der Waals surface area contributed by atoms with E-state index in [1.54, 1.807) is 6.07 Å². The molecule has 0 aliphatic carbocycles. The van der Waals surface area contributed by atoms with Crippen LogP contribution >= 0.6 is 23.4 Å². The van der Waals surface area contributed by atoms with Gasteiger partial charge in [0.25, 0.3) is 0 Å². The van der Waals surface area contributed by atoms with E-state index in [2.05, 4.69) is 20.9 Å². The van der Waals surface area contributed by atoms with E-state index >= 15 is 0 Å². The van der Waals surface area contributed by atoms with E-state index in [4.69, 9.17) is 16.3 Å². The Kier molecular flexibility index (Phi) is 5.87. The van der Waals surface area contributed by atoms with Crippen molar-refractivity contribution in [3.05, 3.63) is 64.4 Å². The number of thioether (sulfide) groups is 1. The van der Waals surface area contributed by atoms with E-state index in [0.717, 1.165) is 22.7 Å². The van der Waals surface area contributed by atoms with Gasteiger partial charge in [-0.2, -0.15) is 0 Å². The number of rotatable bonds is 5. The van der Waals surface area contributed by atoms with Crippen LogP contribution in [0.5, 0.6) is 5.75 Å². The highest BCUT2D eigenvalue weighted by atomic mass is 35.5. The smallest absolute Gasteiger partial charge is 0.240 e. The zero-order chi connectivity index (χ0) is 21.3. The zero-order valence-electron chi connectivity index (χ0n) is 16.8. The Bertz CT molecular complexity index is 1070. The van der Waals surface area contributed by atoms with Crippen molar-refractivity contribution >= 4 is 35.0 Å². The first-order chi connectivity index (χ1) is 14.5. The minimum absolute atomic E-state index is 0.141. The fourth-order valence-electron chi connectivity index (χ4n) is 3.23. The van der Waals surface area contributed by atoms with Crippen LogP contribution in [0.1, 0.15) is 29.9 Å². The molecule has 0 spiro atoms. The Morgan fingerprint density at radius 1 is 1.23 bits per heavy atom. The summed E-state index contributed by atoms with van der Waals surface area (Å²) < 4.78 is 7.36. The maximum Gasteiger partial charge on any atom is 0.240 e. The van der Waals surface area contributed by atoms with Crippen LogP contribution in [-0.2, 0) is 4.79 Å². The lowest BCUT2D eigenvalue weighted by Crippen LogP contribution is -2.41. The minimum atomic E-state index is -0.459. The van der Waals surface area contributed by atoms with Gasteiger partial charge in [0.2, 0.25) is 11.1 Å². The molecule has 0 bridgehead atoms. The van der Waals surface area contributed by atoms with Crippen molar-refractivity contribution in [1.29, 1.82) is 0 Å². The standard InChI is InChI=1S/C21H22ClN5O2S/c1-4-29-16-9-6-14(7-10-16)18-19(30-21-25-24-13(3)27(21)26-18)20(28)23-15-8-5-12(2)17(22)11-15/h5-11,18-19,26H,4H2,1-3H3,(H,23,28)/t18-,19+/m1/s1. The number of aryl methyl sites for hydroxylation is 2. The quantitative estimate of drug-likeness (QED) is 0.610. The average molecular weight is 444 g/mol. The van der Waals surface area contributed by atoms with Crippen LogP contribution in [-0.4, -0.2) is 32.6 Å². The van der Waals surface area contributed by atoms with Gasteiger partial charge in [0.05, 0.1) is 12.6 Å². The van der Waals surface area contributed by atoms with E-state index in [9.17, 15) is 4.79 Å². The first kappa shape index (κ1) is 20.6. The number of anilines is 1. The molecule has 0 saturated heterocycles. The van der Waals surface area contributed by atoms with Gasteiger partial charge in [0.1, 0.15) is 16.8 Å². The third kappa shape index (κ3) is 4.11. The Balaban J connectivity index is 1.63. The number of nitrogens with zero attached hydrogens (tertiary/aromatic N) is 3. The molecule has 7 nitrogen and oxygen atoms in total. The highest BCUT2D eigenvalue weighted by Gasteiger charge is 2.37. The van der Waals surface area contributed by atoms with Crippen LogP contribution in [0.3, 0.4) is 0 Å². The zero-order valence-corrected chi connectivity index (χ0v) is 18.4. The monoisotopic (exact) mass is 443 g/mol. The third-order valence-corrected chi connectivity index (χ3v) is 6.47. The molecule has 2 aromatic carbocycles. The van der Waals surface area contributed by atoms with Gasteiger partial charge in [-0.25, -0.2) is 4.68 Å². The van der Waals surface area contributed by atoms with Crippen LogP contribution < -0.4 is 15.5 Å². The summed E-state index contributed by atoms with van der Waals surface area (Å²) in [5, 5.41) is 12.1. The first-order valence-corrected chi connectivity index (χ1v) is 10.9. The molecule has 156 valence electrons. The van der Waals surface area contributed by atoms with Crippen LogP contribution in [0.2, 0.25) is 5.02 Å². The fraction of sp³-hybridized carbons (Fsp3) is 0.286. The van der Waals surface area contributed by atoms with Crippen molar-refractivity contribution in [2.75, 3.05) is 17.3 Å². The van der Waals surface area contributed by atoms with E-state index in [0.29, 0.717) is 22.5 Å². The third-order valence-electron chi connectivity index (χ3n) is 4.85. The molecule has 9 heteroatoms. The van der Waals surface area contributed by atoms with Gasteiger partial charge in [-0.05, 0) is 56.2 Å². The molecule has 1 aromatic heterocycles. The van der Waals surface area contributed by atoms with Crippen molar-refractivity contribution < 1.29 is 9.53 Å². The number of halogens is 1. The van der Waals surface area contributed by atoms with Crippen LogP contribution in [0.4, 0.5) is 5.69 Å². The summed E-state index contributed by atoms with van der Waals surface area (Å²) in [5.74, 6) is 1.39. The summed E-state index contributed by atoms with van der Waals surface area (Å²) in [6.07, 6.45) is 0. The normalized spacial score (nSPS) is 17.7. The fourth-order valence-corrected chi connectivity index (χ4v) is 4.54. The molecule has 1 amide bonds. The van der Waals surface area contributed by atoms with E-state index in [1.165, 1.54) is 11.8 Å². The van der Waals surface area contributed by atoms with Crippen LogP contribution in [0, 0.1) is 13.8 Å². The molecule has 4 rings (SSSR count). The lowest BCUT2D eigenvalue weighted by molar-refractivity contribution is -0.116. The predicted molar refractivity (Wildman–Crippen MR) is 119 cm³/mol. The number of carbonyl (C=O) groups excluding carboxylic acids is 1. The molecule has 1 aliphatic heterocycles. The van der Waals surface area contributed by atoms with Gasteiger partial charge in [-0.15, -0.1) is 10.2 Å². The van der Waals surface area contributed by atoms with Crippen molar-refractivity contribution in [2.24, 2.45) is 0 Å². The Labute approximate surface area is 184 Å². The summed E-state index contributed by atoms with van der Waals surface area (Å²) in [6, 6.07) is 13.0. The van der Waals surface area contributed by atoms with E-state index in [-0.39, 0.29) is 11.9 Å². The number of ether oxygens (including phenoxy) is 1. The molecule has 2 atom stereocenters. The lowest BCUT2D eigenvalue weighted by atomic mass is 10.0. The summed E-state index contributed by atoms with van der Waals surface area (Å²) >= 11 is 7.60. The summed E-state index contributed by atoms with van der Waals surface area (Å²) in [7, 11) is 0. The van der Waals surface area contributed by atoms with Crippen molar-refractivity contribution in [3.63, 3.8) is 0 Å². The average Bonchev–Trinajstić information content (AvgIpc) is 3.11. The molecule has 0 fully saturated rings. The SMILES string of the molecule is CCOc1ccc([C@H]2Nn3c(C)nnc3S[C@@H]2C(=O)Nc2ccc(C)c(Cl)c2)cc1. The van der Waals surface area contributed by atoms with Gasteiger partial charge < -0.3 is 15.5 Å². The number of hydrogen-bond acceptors (Lipinski definition) is 6. The number of amides is 1. The molecule has 0 saturated carbocycles. The summed E-state index contributed by atoms with van der Waals surface area (Å²) in [6.45, 7) is 6.34. The van der Waals surface area contributed by atoms with Gasteiger partial charge in [-0.1, -0.05) is 41.6 Å². The second-order valence-corrected chi connectivity index (χ2v) is 8.48. The second-order valence-electron chi connectivity index (χ2n) is 6.97. The molecule has 30 heavy (non-hydrogen) atoms. The molecule has 3 aromatic rings. The van der Waals surface area contributed by atoms with E-state index < -0.39 is 5.25 Å². The Morgan fingerprint density at radius 3 is 2.70 bits per heavy atom. The highest BCUT2D eigenvalue weighted by Crippen LogP contribution is 2.38. The van der Waals surface area contributed by atoms with Gasteiger partial charge in [0, 0.05) is 10.7 Å². The largest absolute Gasteiger partial charge is 0.494 e. The number of carbonyl (C=O) groups is 1. The summed E-state index contributed by atoms with van der Waals surface area (Å²) in [5.41, 5.74) is 5.97. The second kappa shape index (κ2) is 8.57. The van der Waals surface area contributed by atoms with Crippen molar-refractivity contribution in [2.45, 2.75) is 37.2 Å². The topological polar surface area (TPSA) is 81.1 Å². The van der Waals surface area contributed by atoms with Gasteiger partial charge in [-0.3, -0.25) is 4.79 Å². The molecule has 2 N–H and O–H groups in total. The molecule has 0 radical (unpaired) electrons. The van der Waals surface area contributed by atoms with Crippen LogP contribution in [0.15, 0.2) is 47.6 Å². The number of benzene rings is 2. The molecular formula is C21H22ClN5O2S. The number of aromatic nitrogens is 3. The van der Waals surface area contributed by atoms with Crippen molar-refractivity contribution in [3.8, 4) is 5.75 Å². The maximum absolute atomic E-state index is 13.2. The molecule has 0 unspecified atom stereocenters. The minimum Gasteiger partial charge on any atom is -0.494 e. The van der Waals surface area contributed by atoms with Gasteiger partial charge in [0.15, 0.2) is 0 Å². The van der Waals surface area contributed by atoms with Crippen molar-refractivity contribution in [1.82, 2.24) is 14.9 Å². The van der Waals surface area contributed by atoms with Crippen LogP contribution in [0.25, 0.3) is 0 Å². The lowest BCUT2D eigenvalue weighted by Gasteiger charge is -2.32. The molecule has 1 aliphatic rings. The predicted octanol–water partition coefficient (Wildman–Crippen LogP) is 4.34. The summed E-state index contributed by atoms with van der Waals surface area (Å²) in [4.78, 5) is 13.2. The maximum atomic E-state index is 13.2. The highest BCUT2D eigenvalue weighted by molar-refractivity contribution is 8.00. The number of nitrogens with one attached hydrogen (secondary N) is 2. The van der Waals surface area contributed by atoms with Gasteiger partial charge >= 0.3 is 0 Å². The Morgan fingerprint density at radius 2 is 2.00 bits per heavy atom. The number of hydrogen-bond donors (Lipinski definition) is 2. The Hall–Kier alpha value is -2.71. The number of fused-ring (bicyclic) bond motifs is 1.